The van der Waals surface area contributed by atoms with Crippen molar-refractivity contribution in [1.29, 1.82) is 0 Å². The highest BCUT2D eigenvalue weighted by atomic mass is 16.8. The zero-order valence-corrected chi connectivity index (χ0v) is 13.0. The Labute approximate surface area is 123 Å². The standard InChI is InChI=1S/C14H22O7/c1-7(15)18-11-10(21-14(3,4)5)9-6-17-13(20-9)12(11)19-8(2)16/h9-13H,6H2,1-5H3/t9-,10-,11+,12-,13-/m1/s1. The maximum Gasteiger partial charge on any atom is 0.303 e. The van der Waals surface area contributed by atoms with E-state index in [0.717, 1.165) is 0 Å². The minimum atomic E-state index is -0.836. The van der Waals surface area contributed by atoms with Crippen molar-refractivity contribution >= 4 is 11.9 Å². The molecule has 2 bridgehead atoms. The van der Waals surface area contributed by atoms with E-state index in [4.69, 9.17) is 23.7 Å². The van der Waals surface area contributed by atoms with Crippen molar-refractivity contribution in [2.75, 3.05) is 6.61 Å². The molecular formula is C14H22O7. The summed E-state index contributed by atoms with van der Waals surface area (Å²) in [5.41, 5.74) is -0.470. The summed E-state index contributed by atoms with van der Waals surface area (Å²) in [6.07, 6.45) is -3.24. The van der Waals surface area contributed by atoms with Crippen LogP contribution in [0.4, 0.5) is 0 Å². The molecule has 0 spiro atoms. The fourth-order valence-electron chi connectivity index (χ4n) is 2.53. The van der Waals surface area contributed by atoms with Gasteiger partial charge in [0.1, 0.15) is 12.2 Å². The van der Waals surface area contributed by atoms with Crippen molar-refractivity contribution in [1.82, 2.24) is 0 Å². The zero-order chi connectivity index (χ0) is 15.8. The van der Waals surface area contributed by atoms with Crippen molar-refractivity contribution in [3.8, 4) is 0 Å². The Morgan fingerprint density at radius 2 is 1.57 bits per heavy atom. The van der Waals surface area contributed by atoms with Crippen LogP contribution in [0.1, 0.15) is 34.6 Å². The van der Waals surface area contributed by atoms with Crippen molar-refractivity contribution in [3.63, 3.8) is 0 Å². The van der Waals surface area contributed by atoms with E-state index in [1.54, 1.807) is 0 Å². The van der Waals surface area contributed by atoms with E-state index < -0.39 is 42.1 Å². The van der Waals surface area contributed by atoms with Crippen LogP contribution in [0.25, 0.3) is 0 Å². The van der Waals surface area contributed by atoms with Crippen molar-refractivity contribution in [3.05, 3.63) is 0 Å². The van der Waals surface area contributed by atoms with Crippen LogP contribution in [0.5, 0.6) is 0 Å². The summed E-state index contributed by atoms with van der Waals surface area (Å²) in [5, 5.41) is 0. The maximum atomic E-state index is 11.4. The Morgan fingerprint density at radius 1 is 1.00 bits per heavy atom. The quantitative estimate of drug-likeness (QED) is 0.713. The molecule has 0 unspecified atom stereocenters. The summed E-state index contributed by atoms with van der Waals surface area (Å²) in [7, 11) is 0. The normalized spacial score (nSPS) is 35.4. The Morgan fingerprint density at radius 3 is 2.10 bits per heavy atom. The van der Waals surface area contributed by atoms with Gasteiger partial charge in [0.15, 0.2) is 18.5 Å². The molecule has 0 amide bonds. The average Bonchev–Trinajstić information content (AvgIpc) is 2.73. The molecule has 2 heterocycles. The minimum Gasteiger partial charge on any atom is -0.455 e. The van der Waals surface area contributed by atoms with Gasteiger partial charge in [-0.3, -0.25) is 9.59 Å². The number of ether oxygens (including phenoxy) is 5. The van der Waals surface area contributed by atoms with Gasteiger partial charge in [-0.15, -0.1) is 0 Å². The summed E-state index contributed by atoms with van der Waals surface area (Å²) in [4.78, 5) is 22.7. The molecule has 0 N–H and O–H groups in total. The maximum absolute atomic E-state index is 11.4. The first-order valence-corrected chi connectivity index (χ1v) is 6.97. The summed E-state index contributed by atoms with van der Waals surface area (Å²) in [6.45, 7) is 8.56. The van der Waals surface area contributed by atoms with Crippen LogP contribution in [-0.4, -0.2) is 54.9 Å². The number of esters is 2. The Balaban J connectivity index is 2.25. The molecule has 2 saturated heterocycles. The van der Waals surface area contributed by atoms with Crippen molar-refractivity contribution in [2.24, 2.45) is 0 Å². The molecule has 5 atom stereocenters. The predicted molar refractivity (Wildman–Crippen MR) is 70.3 cm³/mol. The number of hydrogen-bond acceptors (Lipinski definition) is 7. The van der Waals surface area contributed by atoms with Gasteiger partial charge in [-0.1, -0.05) is 0 Å². The van der Waals surface area contributed by atoms with Crippen molar-refractivity contribution < 1.29 is 33.3 Å². The van der Waals surface area contributed by atoms with Gasteiger partial charge in [0.25, 0.3) is 0 Å². The highest BCUT2D eigenvalue weighted by molar-refractivity contribution is 5.67. The zero-order valence-electron chi connectivity index (χ0n) is 13.0. The number of carbonyl (C=O) groups excluding carboxylic acids is 2. The summed E-state index contributed by atoms with van der Waals surface area (Å²) < 4.78 is 27.7. The molecule has 21 heavy (non-hydrogen) atoms. The molecule has 120 valence electrons. The number of hydrogen-bond donors (Lipinski definition) is 0. The van der Waals surface area contributed by atoms with Gasteiger partial charge >= 0.3 is 11.9 Å². The first-order valence-electron chi connectivity index (χ1n) is 6.97. The molecule has 0 aromatic carbocycles. The molecule has 2 rings (SSSR count). The lowest BCUT2D eigenvalue weighted by Gasteiger charge is -2.41. The number of carbonyl (C=O) groups is 2. The molecule has 7 heteroatoms. The SMILES string of the molecule is CC(=O)O[C@@H]1[C@@H](OC(C)=O)[C@@H]2OC[C@@H](O2)[C@H]1OC(C)(C)C. The van der Waals surface area contributed by atoms with Crippen LogP contribution in [-0.2, 0) is 33.3 Å². The molecule has 2 aliphatic rings. The van der Waals surface area contributed by atoms with E-state index in [0.29, 0.717) is 6.61 Å². The average molecular weight is 302 g/mol. The van der Waals surface area contributed by atoms with E-state index in [2.05, 4.69) is 0 Å². The monoisotopic (exact) mass is 302 g/mol. The van der Waals surface area contributed by atoms with E-state index in [1.807, 2.05) is 20.8 Å². The smallest absolute Gasteiger partial charge is 0.303 e. The molecular weight excluding hydrogens is 280 g/mol. The van der Waals surface area contributed by atoms with Crippen LogP contribution in [0.2, 0.25) is 0 Å². The predicted octanol–water partition coefficient (Wildman–Crippen LogP) is 0.789. The van der Waals surface area contributed by atoms with E-state index in [-0.39, 0.29) is 6.10 Å². The lowest BCUT2D eigenvalue weighted by atomic mass is 9.99. The Hall–Kier alpha value is -1.18. The van der Waals surface area contributed by atoms with Crippen LogP contribution in [0.3, 0.4) is 0 Å². The molecule has 0 aromatic heterocycles. The third-order valence-corrected chi connectivity index (χ3v) is 3.11. The van der Waals surface area contributed by atoms with Gasteiger partial charge in [-0.05, 0) is 20.8 Å². The Bertz CT molecular complexity index is 414. The molecule has 0 aliphatic carbocycles. The molecule has 2 fully saturated rings. The van der Waals surface area contributed by atoms with Gasteiger partial charge in [-0.2, -0.15) is 0 Å². The largest absolute Gasteiger partial charge is 0.455 e. The lowest BCUT2D eigenvalue weighted by molar-refractivity contribution is -0.265. The second kappa shape index (κ2) is 5.90. The lowest BCUT2D eigenvalue weighted by Crippen LogP contribution is -2.59. The van der Waals surface area contributed by atoms with E-state index in [9.17, 15) is 9.59 Å². The molecule has 7 nitrogen and oxygen atoms in total. The van der Waals surface area contributed by atoms with Gasteiger partial charge in [0.2, 0.25) is 0 Å². The second-order valence-electron chi connectivity index (χ2n) is 6.22. The van der Waals surface area contributed by atoms with Crippen molar-refractivity contribution in [2.45, 2.75) is 70.9 Å². The fourth-order valence-corrected chi connectivity index (χ4v) is 2.53. The van der Waals surface area contributed by atoms with Gasteiger partial charge in [0, 0.05) is 13.8 Å². The second-order valence-corrected chi connectivity index (χ2v) is 6.22. The number of rotatable bonds is 3. The van der Waals surface area contributed by atoms with Crippen LogP contribution in [0, 0.1) is 0 Å². The van der Waals surface area contributed by atoms with Gasteiger partial charge in [-0.25, -0.2) is 0 Å². The third kappa shape index (κ3) is 3.93. The highest BCUT2D eigenvalue weighted by Gasteiger charge is 2.55. The molecule has 0 radical (unpaired) electrons. The summed E-state index contributed by atoms with van der Waals surface area (Å²) in [6, 6.07) is 0. The Kier molecular flexibility index (Phi) is 4.55. The van der Waals surface area contributed by atoms with Crippen LogP contribution in [0.15, 0.2) is 0 Å². The fraction of sp³-hybridized carbons (Fsp3) is 0.857. The first kappa shape index (κ1) is 16.2. The minimum absolute atomic E-state index is 0.306. The molecule has 0 aromatic rings. The van der Waals surface area contributed by atoms with Crippen LogP contribution >= 0.6 is 0 Å². The first-order chi connectivity index (χ1) is 9.67. The van der Waals surface area contributed by atoms with Gasteiger partial charge < -0.3 is 23.7 Å². The van der Waals surface area contributed by atoms with E-state index >= 15 is 0 Å². The van der Waals surface area contributed by atoms with Gasteiger partial charge in [0.05, 0.1) is 12.2 Å². The topological polar surface area (TPSA) is 80.3 Å². The summed E-state index contributed by atoms with van der Waals surface area (Å²) >= 11 is 0. The van der Waals surface area contributed by atoms with Crippen LogP contribution < -0.4 is 0 Å². The third-order valence-electron chi connectivity index (χ3n) is 3.11. The summed E-state index contributed by atoms with van der Waals surface area (Å²) in [5.74, 6) is -0.967. The highest BCUT2D eigenvalue weighted by Crippen LogP contribution is 2.35. The van der Waals surface area contributed by atoms with E-state index in [1.165, 1.54) is 13.8 Å². The molecule has 2 aliphatic heterocycles. The molecule has 0 saturated carbocycles. The number of fused-ring (bicyclic) bond motifs is 2.